The van der Waals surface area contributed by atoms with Crippen LogP contribution in [0.25, 0.3) is 59.8 Å². The summed E-state index contributed by atoms with van der Waals surface area (Å²) in [6.07, 6.45) is 9.81. The number of benzene rings is 4. The van der Waals surface area contributed by atoms with Crippen LogP contribution < -0.4 is 0 Å². The Bertz CT molecular complexity index is 2060. The fraction of sp³-hybridized carbons (Fsp3) is 0.324. The van der Waals surface area contributed by atoms with E-state index >= 15 is 0 Å². The van der Waals surface area contributed by atoms with E-state index in [0.717, 1.165) is 17.9 Å². The van der Waals surface area contributed by atoms with E-state index in [1.54, 1.807) is 0 Å². The van der Waals surface area contributed by atoms with Crippen molar-refractivity contribution in [2.45, 2.75) is 66.2 Å². The molecule has 0 spiro atoms. The lowest BCUT2D eigenvalue weighted by Gasteiger charge is -2.19. The Labute approximate surface area is 230 Å². The largest absolute Gasteiger partial charge is 0.308 e. The SMILES string of the molecule is Cc1c2ccc(CC(C)(C)C)cc2cc2c3nccc4ccc5c6ccc(CC7CCCC7)cc6n(c12)c5c43. The van der Waals surface area contributed by atoms with Gasteiger partial charge in [-0.25, -0.2) is 0 Å². The number of rotatable bonds is 3. The fourth-order valence-corrected chi connectivity index (χ4v) is 7.74. The smallest absolute Gasteiger partial charge is 0.0823 e. The average molecular weight is 509 g/mol. The van der Waals surface area contributed by atoms with Crippen molar-refractivity contribution in [1.82, 2.24) is 9.38 Å². The van der Waals surface area contributed by atoms with Gasteiger partial charge in [0.15, 0.2) is 0 Å². The first-order valence-corrected chi connectivity index (χ1v) is 14.8. The van der Waals surface area contributed by atoms with Crippen LogP contribution in [-0.4, -0.2) is 9.38 Å². The summed E-state index contributed by atoms with van der Waals surface area (Å²) in [6.45, 7) is 9.28. The van der Waals surface area contributed by atoms with Crippen LogP contribution in [0.15, 0.2) is 66.9 Å². The van der Waals surface area contributed by atoms with Gasteiger partial charge < -0.3 is 4.40 Å². The third-order valence-electron chi connectivity index (χ3n) is 9.36. The molecule has 194 valence electrons. The molecule has 0 bridgehead atoms. The van der Waals surface area contributed by atoms with Crippen LogP contribution in [0, 0.1) is 18.3 Å². The van der Waals surface area contributed by atoms with Crippen molar-refractivity contribution >= 4 is 59.8 Å². The highest BCUT2D eigenvalue weighted by Crippen LogP contribution is 2.43. The van der Waals surface area contributed by atoms with E-state index in [1.165, 1.54) is 103 Å². The molecule has 0 aliphatic heterocycles. The lowest BCUT2D eigenvalue weighted by Crippen LogP contribution is -2.09. The number of aryl methyl sites for hydroxylation is 1. The van der Waals surface area contributed by atoms with Crippen LogP contribution in [-0.2, 0) is 12.8 Å². The first kappa shape index (κ1) is 23.3. The molecule has 1 aliphatic carbocycles. The molecule has 39 heavy (non-hydrogen) atoms. The van der Waals surface area contributed by atoms with Crippen molar-refractivity contribution in [2.24, 2.45) is 11.3 Å². The topological polar surface area (TPSA) is 17.3 Å². The number of fused-ring (bicyclic) bond motifs is 7. The van der Waals surface area contributed by atoms with Crippen LogP contribution in [0.3, 0.4) is 0 Å². The molecule has 0 N–H and O–H groups in total. The summed E-state index contributed by atoms with van der Waals surface area (Å²) in [6, 6.07) is 23.6. The molecular formula is C37H36N2. The minimum Gasteiger partial charge on any atom is -0.308 e. The van der Waals surface area contributed by atoms with Gasteiger partial charge in [0.05, 0.1) is 22.1 Å². The molecule has 2 nitrogen and oxygen atoms in total. The average Bonchev–Trinajstić information content (AvgIpc) is 3.53. The van der Waals surface area contributed by atoms with E-state index in [9.17, 15) is 0 Å². The van der Waals surface area contributed by atoms with Crippen molar-refractivity contribution < 1.29 is 0 Å². The molecule has 2 heteroatoms. The lowest BCUT2D eigenvalue weighted by atomic mass is 9.87. The number of hydrogen-bond donors (Lipinski definition) is 0. The minimum atomic E-state index is 0.259. The number of aromatic nitrogens is 2. The van der Waals surface area contributed by atoms with E-state index in [1.807, 2.05) is 6.20 Å². The van der Waals surface area contributed by atoms with Crippen LogP contribution in [0.4, 0.5) is 0 Å². The zero-order chi connectivity index (χ0) is 26.5. The monoisotopic (exact) mass is 508 g/mol. The van der Waals surface area contributed by atoms with Crippen LogP contribution in [0.2, 0.25) is 0 Å². The maximum absolute atomic E-state index is 5.03. The molecule has 0 atom stereocenters. The van der Waals surface area contributed by atoms with E-state index in [4.69, 9.17) is 4.98 Å². The summed E-state index contributed by atoms with van der Waals surface area (Å²) in [5, 5.41) is 9.18. The molecule has 7 aromatic rings. The summed E-state index contributed by atoms with van der Waals surface area (Å²) in [5.74, 6) is 0.838. The molecule has 1 fully saturated rings. The van der Waals surface area contributed by atoms with Gasteiger partial charge in [-0.15, -0.1) is 0 Å². The molecule has 0 saturated heterocycles. The zero-order valence-corrected chi connectivity index (χ0v) is 23.6. The maximum atomic E-state index is 5.03. The second-order valence-corrected chi connectivity index (χ2v) is 13.5. The summed E-state index contributed by atoms with van der Waals surface area (Å²) >= 11 is 0. The molecule has 3 aromatic heterocycles. The van der Waals surface area contributed by atoms with Crippen molar-refractivity contribution in [3.8, 4) is 0 Å². The van der Waals surface area contributed by atoms with Gasteiger partial charge in [0.1, 0.15) is 0 Å². The van der Waals surface area contributed by atoms with Gasteiger partial charge in [-0.2, -0.15) is 0 Å². The Morgan fingerprint density at radius 1 is 0.769 bits per heavy atom. The fourth-order valence-electron chi connectivity index (χ4n) is 7.74. The highest BCUT2D eigenvalue weighted by Gasteiger charge is 2.22. The third-order valence-corrected chi connectivity index (χ3v) is 9.36. The molecule has 1 saturated carbocycles. The Hall–Kier alpha value is -3.65. The van der Waals surface area contributed by atoms with E-state index < -0.39 is 0 Å². The van der Waals surface area contributed by atoms with E-state index in [2.05, 4.69) is 92.8 Å². The molecule has 1 aliphatic rings. The molecule has 8 rings (SSSR count). The Morgan fingerprint density at radius 3 is 2.36 bits per heavy atom. The standard InChI is InChI=1S/C37H36N2/c1-22-28-12-10-25(21-37(2,3)4)18-27(28)20-31-34-33-26(15-16-38-34)11-14-30-29-13-9-24(17-23-7-5-6-8-23)19-32(29)39(35(22)31)36(30)33/h9-16,18-20,23H,5-8,17,21H2,1-4H3. The Balaban J connectivity index is 1.51. The summed E-state index contributed by atoms with van der Waals surface area (Å²) in [5.41, 5.74) is 9.59. The molecular weight excluding hydrogens is 472 g/mol. The number of nitrogens with zero attached hydrogens (tertiary/aromatic N) is 2. The number of hydrogen-bond acceptors (Lipinski definition) is 1. The van der Waals surface area contributed by atoms with Gasteiger partial charge in [0.2, 0.25) is 0 Å². The Morgan fingerprint density at radius 2 is 1.54 bits per heavy atom. The predicted octanol–water partition coefficient (Wildman–Crippen LogP) is 10.2. The van der Waals surface area contributed by atoms with Gasteiger partial charge in [0, 0.05) is 27.7 Å². The summed E-state index contributed by atoms with van der Waals surface area (Å²) in [4.78, 5) is 5.03. The van der Waals surface area contributed by atoms with Crippen LogP contribution in [0.1, 0.15) is 63.1 Å². The Kier molecular flexibility index (Phi) is 4.88. The van der Waals surface area contributed by atoms with E-state index in [-0.39, 0.29) is 5.41 Å². The van der Waals surface area contributed by atoms with E-state index in [0.29, 0.717) is 0 Å². The van der Waals surface area contributed by atoms with Crippen LogP contribution >= 0.6 is 0 Å². The molecule has 0 amide bonds. The van der Waals surface area contributed by atoms with Gasteiger partial charge >= 0.3 is 0 Å². The highest BCUT2D eigenvalue weighted by molar-refractivity contribution is 6.28. The van der Waals surface area contributed by atoms with Gasteiger partial charge in [-0.1, -0.05) is 88.9 Å². The molecule has 3 heterocycles. The summed E-state index contributed by atoms with van der Waals surface area (Å²) in [7, 11) is 0. The second-order valence-electron chi connectivity index (χ2n) is 13.5. The normalized spacial score (nSPS) is 15.4. The first-order chi connectivity index (χ1) is 18.9. The van der Waals surface area contributed by atoms with Gasteiger partial charge in [0.25, 0.3) is 0 Å². The third kappa shape index (κ3) is 3.50. The maximum Gasteiger partial charge on any atom is 0.0823 e. The highest BCUT2D eigenvalue weighted by atomic mass is 14.9. The minimum absolute atomic E-state index is 0.259. The van der Waals surface area contributed by atoms with Crippen molar-refractivity contribution in [2.75, 3.05) is 0 Å². The number of pyridine rings is 2. The van der Waals surface area contributed by atoms with Gasteiger partial charge in [-0.05, 0) is 82.1 Å². The lowest BCUT2D eigenvalue weighted by molar-refractivity contribution is 0.411. The van der Waals surface area contributed by atoms with Gasteiger partial charge in [-0.3, -0.25) is 4.98 Å². The molecule has 4 aromatic carbocycles. The second kappa shape index (κ2) is 8.18. The van der Waals surface area contributed by atoms with Crippen molar-refractivity contribution in [3.05, 3.63) is 83.6 Å². The zero-order valence-electron chi connectivity index (χ0n) is 23.6. The van der Waals surface area contributed by atoms with Crippen molar-refractivity contribution in [3.63, 3.8) is 0 Å². The van der Waals surface area contributed by atoms with Crippen molar-refractivity contribution in [1.29, 1.82) is 0 Å². The van der Waals surface area contributed by atoms with Crippen LogP contribution in [0.5, 0.6) is 0 Å². The summed E-state index contributed by atoms with van der Waals surface area (Å²) < 4.78 is 2.59. The predicted molar refractivity (Wildman–Crippen MR) is 167 cm³/mol. The molecule has 0 radical (unpaired) electrons. The molecule has 0 unspecified atom stereocenters. The quantitative estimate of drug-likeness (QED) is 0.171. The first-order valence-electron chi connectivity index (χ1n) is 14.8.